The predicted molar refractivity (Wildman–Crippen MR) is 98.1 cm³/mol. The van der Waals surface area contributed by atoms with Crippen LogP contribution in [0, 0.1) is 0 Å². The standard InChI is InChI=1S/C20H23N3O3/c24-22-20(23-10-12-25-13-11-23)16-8-9-19(21-14-16)26-18-7-3-5-15-4-1-2-6-17(15)18/h3,5,7-9,14,24H,1-2,4,6,10-13H2/b22-20-. The van der Waals surface area contributed by atoms with Crippen molar-refractivity contribution < 1.29 is 14.7 Å². The van der Waals surface area contributed by atoms with Crippen LogP contribution in [0.25, 0.3) is 0 Å². The number of ether oxygens (including phenoxy) is 2. The summed E-state index contributed by atoms with van der Waals surface area (Å²) in [6.45, 7) is 2.67. The van der Waals surface area contributed by atoms with Crippen LogP contribution in [0.3, 0.4) is 0 Å². The summed E-state index contributed by atoms with van der Waals surface area (Å²) in [5, 5.41) is 12.9. The molecular formula is C20H23N3O3. The van der Waals surface area contributed by atoms with Gasteiger partial charge in [0.05, 0.1) is 13.2 Å². The minimum absolute atomic E-state index is 0.518. The van der Waals surface area contributed by atoms with E-state index >= 15 is 0 Å². The van der Waals surface area contributed by atoms with Gasteiger partial charge in [0.25, 0.3) is 0 Å². The van der Waals surface area contributed by atoms with Crippen molar-refractivity contribution in [2.75, 3.05) is 26.3 Å². The average molecular weight is 353 g/mol. The molecule has 0 unspecified atom stereocenters. The fraction of sp³-hybridized carbons (Fsp3) is 0.400. The second-order valence-corrected chi connectivity index (χ2v) is 6.61. The van der Waals surface area contributed by atoms with E-state index in [0.717, 1.165) is 24.2 Å². The maximum atomic E-state index is 9.42. The van der Waals surface area contributed by atoms with Gasteiger partial charge in [0, 0.05) is 30.9 Å². The first kappa shape index (κ1) is 16.8. The number of rotatable bonds is 3. The summed E-state index contributed by atoms with van der Waals surface area (Å²) in [6.07, 6.45) is 6.32. The number of pyridine rings is 1. The average Bonchev–Trinajstić information content (AvgIpc) is 2.71. The summed E-state index contributed by atoms with van der Waals surface area (Å²) < 4.78 is 11.4. The Balaban J connectivity index is 1.51. The second kappa shape index (κ2) is 7.74. The van der Waals surface area contributed by atoms with Crippen molar-refractivity contribution >= 4 is 5.84 Å². The molecule has 1 fully saturated rings. The summed E-state index contributed by atoms with van der Waals surface area (Å²) in [5.41, 5.74) is 3.44. The van der Waals surface area contributed by atoms with Crippen molar-refractivity contribution in [3.8, 4) is 11.6 Å². The molecule has 2 aliphatic rings. The molecule has 4 rings (SSSR count). The molecule has 26 heavy (non-hydrogen) atoms. The van der Waals surface area contributed by atoms with Crippen molar-refractivity contribution in [2.45, 2.75) is 25.7 Å². The zero-order valence-corrected chi connectivity index (χ0v) is 14.7. The van der Waals surface area contributed by atoms with Gasteiger partial charge in [-0.15, -0.1) is 0 Å². The van der Waals surface area contributed by atoms with E-state index in [1.807, 2.05) is 29.2 Å². The van der Waals surface area contributed by atoms with E-state index in [1.54, 1.807) is 6.20 Å². The number of morpholine rings is 1. The van der Waals surface area contributed by atoms with Crippen LogP contribution in [-0.4, -0.2) is 47.2 Å². The van der Waals surface area contributed by atoms with Crippen molar-refractivity contribution in [1.29, 1.82) is 0 Å². The summed E-state index contributed by atoms with van der Waals surface area (Å²) in [7, 11) is 0. The molecule has 0 saturated carbocycles. The zero-order valence-electron chi connectivity index (χ0n) is 14.7. The Labute approximate surface area is 153 Å². The first-order valence-corrected chi connectivity index (χ1v) is 9.15. The van der Waals surface area contributed by atoms with Crippen molar-refractivity contribution in [3.05, 3.63) is 53.2 Å². The van der Waals surface area contributed by atoms with E-state index in [9.17, 15) is 5.21 Å². The van der Waals surface area contributed by atoms with E-state index in [4.69, 9.17) is 9.47 Å². The van der Waals surface area contributed by atoms with Gasteiger partial charge in [-0.2, -0.15) is 0 Å². The Morgan fingerprint density at radius 2 is 1.96 bits per heavy atom. The fourth-order valence-electron chi connectivity index (χ4n) is 3.61. The zero-order chi connectivity index (χ0) is 17.8. The number of aryl methyl sites for hydroxylation is 1. The molecule has 0 amide bonds. The molecule has 1 aliphatic carbocycles. The summed E-state index contributed by atoms with van der Waals surface area (Å²) >= 11 is 0. The fourth-order valence-corrected chi connectivity index (χ4v) is 3.61. The summed E-state index contributed by atoms with van der Waals surface area (Å²) in [4.78, 5) is 6.41. The third kappa shape index (κ3) is 3.51. The van der Waals surface area contributed by atoms with E-state index in [-0.39, 0.29) is 0 Å². The van der Waals surface area contributed by atoms with Crippen LogP contribution < -0.4 is 4.74 Å². The van der Waals surface area contributed by atoms with Crippen molar-refractivity contribution in [3.63, 3.8) is 0 Å². The van der Waals surface area contributed by atoms with Gasteiger partial charge < -0.3 is 19.6 Å². The van der Waals surface area contributed by atoms with Gasteiger partial charge in [-0.25, -0.2) is 4.98 Å². The van der Waals surface area contributed by atoms with E-state index in [0.29, 0.717) is 38.0 Å². The van der Waals surface area contributed by atoms with Crippen molar-refractivity contribution in [2.24, 2.45) is 5.16 Å². The van der Waals surface area contributed by atoms with Gasteiger partial charge in [0.15, 0.2) is 5.84 Å². The number of nitrogens with zero attached hydrogens (tertiary/aromatic N) is 3. The number of benzene rings is 1. The molecule has 1 N–H and O–H groups in total. The molecule has 0 spiro atoms. The lowest BCUT2D eigenvalue weighted by molar-refractivity contribution is 0.0668. The van der Waals surface area contributed by atoms with E-state index in [2.05, 4.69) is 16.2 Å². The Morgan fingerprint density at radius 3 is 2.73 bits per heavy atom. The molecule has 136 valence electrons. The molecule has 1 aliphatic heterocycles. The molecule has 6 nitrogen and oxygen atoms in total. The molecule has 0 bridgehead atoms. The highest BCUT2D eigenvalue weighted by Gasteiger charge is 2.18. The Bertz CT molecular complexity index is 783. The highest BCUT2D eigenvalue weighted by Crippen LogP contribution is 2.32. The van der Waals surface area contributed by atoms with Gasteiger partial charge in [0.1, 0.15) is 5.75 Å². The van der Waals surface area contributed by atoms with Gasteiger partial charge in [-0.05, 0) is 48.9 Å². The topological polar surface area (TPSA) is 67.2 Å². The summed E-state index contributed by atoms with van der Waals surface area (Å²) in [6, 6.07) is 9.94. The van der Waals surface area contributed by atoms with E-state index in [1.165, 1.54) is 24.0 Å². The molecule has 6 heteroatoms. The highest BCUT2D eigenvalue weighted by molar-refractivity contribution is 5.98. The SMILES string of the molecule is O/N=C(/c1ccc(Oc2cccc3c2CCCC3)nc1)N1CCOCC1. The summed E-state index contributed by atoms with van der Waals surface area (Å²) in [5.74, 6) is 1.96. The first-order chi connectivity index (χ1) is 12.8. The van der Waals surface area contributed by atoms with Crippen molar-refractivity contribution in [1.82, 2.24) is 9.88 Å². The van der Waals surface area contributed by atoms with Crippen LogP contribution in [-0.2, 0) is 17.6 Å². The van der Waals surface area contributed by atoms with Gasteiger partial charge >= 0.3 is 0 Å². The molecule has 1 aromatic heterocycles. The molecule has 0 radical (unpaired) electrons. The lowest BCUT2D eigenvalue weighted by Crippen LogP contribution is -2.41. The smallest absolute Gasteiger partial charge is 0.219 e. The van der Waals surface area contributed by atoms with Gasteiger partial charge in [-0.1, -0.05) is 17.3 Å². The number of fused-ring (bicyclic) bond motifs is 1. The van der Waals surface area contributed by atoms with Crippen LogP contribution in [0.4, 0.5) is 0 Å². The molecule has 0 atom stereocenters. The number of aromatic nitrogens is 1. The third-order valence-corrected chi connectivity index (χ3v) is 4.97. The molecule has 1 saturated heterocycles. The molecule has 2 heterocycles. The van der Waals surface area contributed by atoms with Crippen LogP contribution >= 0.6 is 0 Å². The van der Waals surface area contributed by atoms with Crippen LogP contribution in [0.5, 0.6) is 11.6 Å². The predicted octanol–water partition coefficient (Wildman–Crippen LogP) is 3.22. The highest BCUT2D eigenvalue weighted by atomic mass is 16.5. The third-order valence-electron chi connectivity index (χ3n) is 4.97. The number of hydrogen-bond donors (Lipinski definition) is 1. The second-order valence-electron chi connectivity index (χ2n) is 6.61. The normalized spacial score (nSPS) is 17.7. The Kier molecular flexibility index (Phi) is 5.02. The Morgan fingerprint density at radius 1 is 1.12 bits per heavy atom. The van der Waals surface area contributed by atoms with Crippen LogP contribution in [0.2, 0.25) is 0 Å². The lowest BCUT2D eigenvalue weighted by atomic mass is 9.91. The largest absolute Gasteiger partial charge is 0.439 e. The number of amidine groups is 1. The maximum absolute atomic E-state index is 9.42. The van der Waals surface area contributed by atoms with Gasteiger partial charge in [-0.3, -0.25) is 0 Å². The Hall–Kier alpha value is -2.60. The minimum Gasteiger partial charge on any atom is -0.439 e. The minimum atomic E-state index is 0.518. The van der Waals surface area contributed by atoms with Crippen LogP contribution in [0.15, 0.2) is 41.7 Å². The monoisotopic (exact) mass is 353 g/mol. The number of oxime groups is 1. The quantitative estimate of drug-likeness (QED) is 0.397. The van der Waals surface area contributed by atoms with Gasteiger partial charge in [0.2, 0.25) is 5.88 Å². The van der Waals surface area contributed by atoms with Crippen LogP contribution in [0.1, 0.15) is 29.5 Å². The molecule has 2 aromatic rings. The number of hydrogen-bond acceptors (Lipinski definition) is 5. The lowest BCUT2D eigenvalue weighted by Gasteiger charge is -2.28. The first-order valence-electron chi connectivity index (χ1n) is 9.15. The van der Waals surface area contributed by atoms with E-state index < -0.39 is 0 Å². The molecular weight excluding hydrogens is 330 g/mol. The maximum Gasteiger partial charge on any atom is 0.219 e. The molecule has 1 aromatic carbocycles.